The van der Waals surface area contributed by atoms with Gasteiger partial charge in [-0.15, -0.1) is 0 Å². The number of alkyl carbamates (subject to hydrolysis) is 1. The number of nitrogens with one attached hydrogen (secondary N) is 2. The third-order valence-corrected chi connectivity index (χ3v) is 5.88. The summed E-state index contributed by atoms with van der Waals surface area (Å²) in [4.78, 5) is 24.9. The Kier molecular flexibility index (Phi) is 8.52. The van der Waals surface area contributed by atoms with E-state index in [0.717, 1.165) is 11.1 Å². The Bertz CT molecular complexity index is 1240. The van der Waals surface area contributed by atoms with E-state index in [-0.39, 0.29) is 5.41 Å². The van der Waals surface area contributed by atoms with E-state index in [1.165, 1.54) is 12.5 Å². The number of benzene rings is 3. The Hall–Kier alpha value is -3.84. The zero-order valence-electron chi connectivity index (χ0n) is 23.2. The number of amides is 2. The quantitative estimate of drug-likeness (QED) is 0.325. The highest BCUT2D eigenvalue weighted by Gasteiger charge is 2.36. The molecule has 3 rings (SSSR count). The summed E-state index contributed by atoms with van der Waals surface area (Å²) in [5.74, 6) is 0.707. The molecule has 1 atom stereocenters. The lowest BCUT2D eigenvalue weighted by Crippen LogP contribution is -2.58. The van der Waals surface area contributed by atoms with Gasteiger partial charge in [0.2, 0.25) is 0 Å². The number of hydrogen-bond donors (Lipinski definition) is 3. The van der Waals surface area contributed by atoms with Crippen LogP contribution in [-0.4, -0.2) is 34.9 Å². The molecule has 0 aromatic heterocycles. The second kappa shape index (κ2) is 11.3. The highest BCUT2D eigenvalue weighted by atomic mass is 16.6. The van der Waals surface area contributed by atoms with E-state index in [2.05, 4.69) is 55.7 Å². The molecular weight excluding hydrogens is 480 g/mol. The van der Waals surface area contributed by atoms with Gasteiger partial charge in [-0.3, -0.25) is 4.79 Å². The molecule has 2 amide bonds. The molecule has 38 heavy (non-hydrogen) atoms. The number of ether oxygens (including phenoxy) is 2. The van der Waals surface area contributed by atoms with Gasteiger partial charge >= 0.3 is 6.09 Å². The molecule has 202 valence electrons. The normalized spacial score (nSPS) is 13.3. The lowest BCUT2D eigenvalue weighted by molar-refractivity contribution is -0.123. The lowest BCUT2D eigenvalue weighted by atomic mass is 9.86. The van der Waals surface area contributed by atoms with Crippen LogP contribution in [0.5, 0.6) is 11.5 Å². The molecule has 0 radical (unpaired) electrons. The highest BCUT2D eigenvalue weighted by molar-refractivity contribution is 5.99. The van der Waals surface area contributed by atoms with E-state index in [0.29, 0.717) is 17.2 Å². The van der Waals surface area contributed by atoms with Gasteiger partial charge in [-0.05, 0) is 86.2 Å². The molecule has 0 bridgehead atoms. The summed E-state index contributed by atoms with van der Waals surface area (Å²) in [5, 5.41) is 14.9. The van der Waals surface area contributed by atoms with E-state index in [1.807, 2.05) is 24.3 Å². The van der Waals surface area contributed by atoms with E-state index in [9.17, 15) is 14.7 Å². The van der Waals surface area contributed by atoms with Gasteiger partial charge < -0.3 is 25.2 Å². The predicted octanol–water partition coefficient (Wildman–Crippen LogP) is 6.66. The number of aliphatic hydroxyl groups excluding tert-OH is 1. The summed E-state index contributed by atoms with van der Waals surface area (Å²) >= 11 is 0. The maximum atomic E-state index is 12.8. The van der Waals surface area contributed by atoms with Crippen molar-refractivity contribution in [3.63, 3.8) is 0 Å². The van der Waals surface area contributed by atoms with E-state index in [4.69, 9.17) is 9.47 Å². The van der Waals surface area contributed by atoms with E-state index >= 15 is 0 Å². The number of rotatable bonds is 7. The number of carbonyl (C=O) groups is 2. The molecule has 0 spiro atoms. The van der Waals surface area contributed by atoms with Gasteiger partial charge in [0, 0.05) is 5.69 Å². The van der Waals surface area contributed by atoms with Crippen molar-refractivity contribution in [3.05, 3.63) is 78.4 Å². The summed E-state index contributed by atoms with van der Waals surface area (Å²) in [7, 11) is 0. The van der Waals surface area contributed by atoms with Crippen LogP contribution in [0.25, 0.3) is 11.1 Å². The topological polar surface area (TPSA) is 96.9 Å². The second-order valence-electron chi connectivity index (χ2n) is 11.5. The van der Waals surface area contributed by atoms with Gasteiger partial charge in [0.1, 0.15) is 22.6 Å². The maximum Gasteiger partial charge on any atom is 0.408 e. The molecule has 3 aromatic carbocycles. The molecule has 0 saturated heterocycles. The van der Waals surface area contributed by atoms with Crippen molar-refractivity contribution in [2.45, 2.75) is 65.0 Å². The molecule has 3 N–H and O–H groups in total. The Morgan fingerprint density at radius 2 is 1.21 bits per heavy atom. The molecule has 0 aliphatic heterocycles. The van der Waals surface area contributed by atoms with E-state index < -0.39 is 29.7 Å². The monoisotopic (exact) mass is 518 g/mol. The van der Waals surface area contributed by atoms with Crippen molar-refractivity contribution < 1.29 is 24.2 Å². The van der Waals surface area contributed by atoms with Crippen LogP contribution in [-0.2, 0) is 14.9 Å². The zero-order chi connectivity index (χ0) is 28.1. The van der Waals surface area contributed by atoms with E-state index in [1.54, 1.807) is 45.0 Å². The minimum absolute atomic E-state index is 0.115. The third-order valence-electron chi connectivity index (χ3n) is 5.88. The molecule has 0 saturated carbocycles. The third kappa shape index (κ3) is 7.83. The first-order chi connectivity index (χ1) is 17.7. The average molecular weight is 519 g/mol. The molecular formula is C31H38N2O5. The largest absolute Gasteiger partial charge is 0.457 e. The standard InChI is InChI=1S/C31H38N2O5/c1-29(2,3)23-12-8-21(9-13-23)22-10-16-25(17-11-22)37-26-18-14-24(15-19-26)32-27(35)31(7,20-34)33-28(36)38-30(4,5)6/h8-19,34H,20H2,1-7H3,(H,32,35)(H,33,36)/t31-/m0/s1. The Labute approximate surface area is 225 Å². The van der Waals surface area contributed by atoms with Crippen LogP contribution < -0.4 is 15.4 Å². The van der Waals surface area contributed by atoms with Crippen LogP contribution in [0.4, 0.5) is 10.5 Å². The molecule has 0 aliphatic carbocycles. The fraction of sp³-hybridized carbons (Fsp3) is 0.355. The van der Waals surface area contributed by atoms with Crippen molar-refractivity contribution in [3.8, 4) is 22.6 Å². The maximum absolute atomic E-state index is 12.8. The van der Waals surface area contributed by atoms with Gasteiger partial charge in [-0.1, -0.05) is 57.2 Å². The molecule has 0 fully saturated rings. The van der Waals surface area contributed by atoms with Crippen LogP contribution >= 0.6 is 0 Å². The molecule has 3 aromatic rings. The lowest BCUT2D eigenvalue weighted by Gasteiger charge is -2.29. The number of aliphatic hydroxyl groups is 1. The fourth-order valence-corrected chi connectivity index (χ4v) is 3.59. The zero-order valence-corrected chi connectivity index (χ0v) is 23.2. The fourth-order valence-electron chi connectivity index (χ4n) is 3.59. The predicted molar refractivity (Wildman–Crippen MR) is 151 cm³/mol. The van der Waals surface area contributed by atoms with Gasteiger partial charge in [-0.25, -0.2) is 4.79 Å². The van der Waals surface area contributed by atoms with Crippen molar-refractivity contribution in [2.75, 3.05) is 11.9 Å². The summed E-state index contributed by atoms with van der Waals surface area (Å²) in [6.45, 7) is 12.6. The van der Waals surface area contributed by atoms with Crippen LogP contribution in [0.1, 0.15) is 54.0 Å². The van der Waals surface area contributed by atoms with Crippen molar-refractivity contribution in [2.24, 2.45) is 0 Å². The summed E-state index contributed by atoms with van der Waals surface area (Å²) < 4.78 is 11.2. The highest BCUT2D eigenvalue weighted by Crippen LogP contribution is 2.29. The number of hydrogen-bond acceptors (Lipinski definition) is 5. The Morgan fingerprint density at radius 3 is 1.66 bits per heavy atom. The molecule has 0 aliphatic rings. The molecule has 0 heterocycles. The SMILES string of the molecule is CC(C)(C)OC(=O)N[C@@](C)(CO)C(=O)Nc1ccc(Oc2ccc(-c3ccc(C(C)(C)C)cc3)cc2)cc1. The molecule has 7 nitrogen and oxygen atoms in total. The van der Waals surface area contributed by atoms with Gasteiger partial charge in [0.15, 0.2) is 0 Å². The smallest absolute Gasteiger partial charge is 0.408 e. The number of carbonyl (C=O) groups excluding carboxylic acids is 2. The molecule has 0 unspecified atom stereocenters. The van der Waals surface area contributed by atoms with Crippen molar-refractivity contribution >= 4 is 17.7 Å². The molecule has 7 heteroatoms. The second-order valence-corrected chi connectivity index (χ2v) is 11.5. The average Bonchev–Trinajstić information content (AvgIpc) is 2.84. The summed E-state index contributed by atoms with van der Waals surface area (Å²) in [6, 6.07) is 23.3. The van der Waals surface area contributed by atoms with Gasteiger partial charge in [0.05, 0.1) is 6.61 Å². The first-order valence-corrected chi connectivity index (χ1v) is 12.6. The summed E-state index contributed by atoms with van der Waals surface area (Å²) in [6.07, 6.45) is -0.791. The Morgan fingerprint density at radius 1 is 0.737 bits per heavy atom. The van der Waals surface area contributed by atoms with Crippen LogP contribution in [0.2, 0.25) is 0 Å². The first kappa shape index (κ1) is 28.7. The first-order valence-electron chi connectivity index (χ1n) is 12.6. The van der Waals surface area contributed by atoms with Crippen LogP contribution in [0.15, 0.2) is 72.8 Å². The van der Waals surface area contributed by atoms with Crippen molar-refractivity contribution in [1.29, 1.82) is 0 Å². The minimum atomic E-state index is -1.56. The van der Waals surface area contributed by atoms with Crippen LogP contribution in [0.3, 0.4) is 0 Å². The van der Waals surface area contributed by atoms with Crippen LogP contribution in [0, 0.1) is 0 Å². The van der Waals surface area contributed by atoms with Gasteiger partial charge in [-0.2, -0.15) is 0 Å². The Balaban J connectivity index is 1.60. The van der Waals surface area contributed by atoms with Crippen molar-refractivity contribution in [1.82, 2.24) is 5.32 Å². The number of anilines is 1. The van der Waals surface area contributed by atoms with Gasteiger partial charge in [0.25, 0.3) is 5.91 Å². The minimum Gasteiger partial charge on any atom is -0.457 e. The summed E-state index contributed by atoms with van der Waals surface area (Å²) in [5.41, 5.74) is 1.84.